The van der Waals surface area contributed by atoms with Crippen LogP contribution in [0.2, 0.25) is 0 Å². The van der Waals surface area contributed by atoms with Crippen molar-refractivity contribution in [3.63, 3.8) is 0 Å². The number of rotatable bonds is 4. The Bertz CT molecular complexity index is 1520. The number of likely N-dealkylation sites (tertiary alicyclic amines) is 1. The monoisotopic (exact) mass is 515 g/mol. The highest BCUT2D eigenvalue weighted by molar-refractivity contribution is 5.95. The summed E-state index contributed by atoms with van der Waals surface area (Å²) in [6.07, 6.45) is 1.59. The number of aliphatic hydroxyl groups is 1. The lowest BCUT2D eigenvalue weighted by Gasteiger charge is -2.55. The quantitative estimate of drug-likeness (QED) is 0.384. The first-order valence-corrected chi connectivity index (χ1v) is 12.3. The Balaban J connectivity index is 1.39. The number of fused-ring (bicyclic) bond motifs is 4. The number of aromatic amines is 1. The summed E-state index contributed by atoms with van der Waals surface area (Å²) in [6.45, 7) is 0.740. The van der Waals surface area contributed by atoms with E-state index < -0.39 is 23.3 Å². The van der Waals surface area contributed by atoms with Gasteiger partial charge in [0.25, 0.3) is 5.91 Å². The molecule has 2 aliphatic rings. The number of carbonyl (C=O) groups excluding carboxylic acids is 2. The number of pyridine rings is 1. The predicted molar refractivity (Wildman–Crippen MR) is 139 cm³/mol. The molecule has 2 aromatic carbocycles. The van der Waals surface area contributed by atoms with Crippen LogP contribution in [0, 0.1) is 5.82 Å². The molecule has 6 rings (SSSR count). The normalized spacial score (nSPS) is 17.7. The maximum absolute atomic E-state index is 13.5. The minimum absolute atomic E-state index is 0.175. The molecule has 2 aromatic heterocycles. The standard InChI is InChI=1S/C28H26FN5O4/c1-38-19-9-10-20-22(12-19)32-25-23(13-35)34(27(37)31-18-7-5-17(29)6-8-18)16-28(24(20)25)14-33(15-28)26(36)21-4-2-3-11-30-21/h2-12,23,32,35H,13-16H2,1H3,(H,31,37)/t23-/m1/s1. The molecule has 1 fully saturated rings. The molecule has 4 heterocycles. The Labute approximate surface area is 217 Å². The van der Waals surface area contributed by atoms with Gasteiger partial charge >= 0.3 is 6.03 Å². The number of methoxy groups -OCH3 is 1. The molecule has 0 unspecified atom stereocenters. The Morgan fingerprint density at radius 2 is 1.95 bits per heavy atom. The number of H-pyrrole nitrogens is 1. The van der Waals surface area contributed by atoms with Gasteiger partial charge in [0.1, 0.15) is 17.3 Å². The molecule has 3 N–H and O–H groups in total. The second-order valence-electron chi connectivity index (χ2n) is 9.75. The van der Waals surface area contributed by atoms with Crippen LogP contribution in [0.4, 0.5) is 14.9 Å². The summed E-state index contributed by atoms with van der Waals surface area (Å²) >= 11 is 0. The third-order valence-corrected chi connectivity index (χ3v) is 7.44. The highest BCUT2D eigenvalue weighted by atomic mass is 19.1. The molecule has 0 aliphatic carbocycles. The number of aromatic nitrogens is 2. The zero-order valence-corrected chi connectivity index (χ0v) is 20.6. The Morgan fingerprint density at radius 1 is 1.16 bits per heavy atom. The van der Waals surface area contributed by atoms with Crippen molar-refractivity contribution in [3.05, 3.63) is 89.6 Å². The molecule has 0 saturated carbocycles. The topological polar surface area (TPSA) is 111 Å². The van der Waals surface area contributed by atoms with Gasteiger partial charge in [-0.1, -0.05) is 6.07 Å². The molecular formula is C28H26FN5O4. The molecule has 3 amide bonds. The van der Waals surface area contributed by atoms with Crippen molar-refractivity contribution < 1.29 is 23.8 Å². The van der Waals surface area contributed by atoms with Crippen LogP contribution in [-0.2, 0) is 5.41 Å². The average Bonchev–Trinajstić information content (AvgIpc) is 3.31. The van der Waals surface area contributed by atoms with Crippen LogP contribution < -0.4 is 10.1 Å². The van der Waals surface area contributed by atoms with Gasteiger partial charge in [-0.2, -0.15) is 0 Å². The summed E-state index contributed by atoms with van der Waals surface area (Å²) in [6, 6.07) is 15.4. The lowest BCUT2D eigenvalue weighted by atomic mass is 9.68. The second kappa shape index (κ2) is 9.14. The number of ether oxygens (including phenoxy) is 1. The number of benzene rings is 2. The number of nitrogens with zero attached hydrogens (tertiary/aromatic N) is 3. The highest BCUT2D eigenvalue weighted by Crippen LogP contribution is 2.49. The van der Waals surface area contributed by atoms with Gasteiger partial charge < -0.3 is 29.9 Å². The van der Waals surface area contributed by atoms with Crippen LogP contribution in [0.15, 0.2) is 66.9 Å². The fourth-order valence-corrected chi connectivity index (χ4v) is 5.69. The minimum Gasteiger partial charge on any atom is -0.497 e. The summed E-state index contributed by atoms with van der Waals surface area (Å²) in [5, 5.41) is 14.2. The Kier molecular flexibility index (Phi) is 5.76. The number of hydrogen-bond donors (Lipinski definition) is 3. The van der Waals surface area contributed by atoms with Crippen molar-refractivity contribution in [1.82, 2.24) is 19.8 Å². The first-order chi connectivity index (χ1) is 18.4. The SMILES string of the molecule is COc1ccc2c3c([nH]c2c1)[C@@H](CO)N(C(=O)Nc1ccc(F)cc1)CC31CN(C(=O)c2ccccn2)C1. The lowest BCUT2D eigenvalue weighted by Crippen LogP contribution is -2.68. The van der Waals surface area contributed by atoms with Crippen molar-refractivity contribution in [3.8, 4) is 5.75 Å². The summed E-state index contributed by atoms with van der Waals surface area (Å²) < 4.78 is 18.8. The number of anilines is 1. The number of carbonyl (C=O) groups is 2. The number of urea groups is 1. The van der Waals surface area contributed by atoms with Crippen molar-refractivity contribution in [1.29, 1.82) is 0 Å². The smallest absolute Gasteiger partial charge is 0.322 e. The molecule has 38 heavy (non-hydrogen) atoms. The van der Waals surface area contributed by atoms with Gasteiger partial charge in [0, 0.05) is 54.2 Å². The fraction of sp³-hybridized carbons (Fsp3) is 0.250. The van der Waals surface area contributed by atoms with E-state index in [0.29, 0.717) is 30.2 Å². The molecule has 194 valence electrons. The molecule has 1 saturated heterocycles. The van der Waals surface area contributed by atoms with Crippen molar-refractivity contribution in [2.75, 3.05) is 38.7 Å². The molecule has 10 heteroatoms. The molecule has 0 bridgehead atoms. The number of halogens is 1. The minimum atomic E-state index is -0.644. The third-order valence-electron chi connectivity index (χ3n) is 7.44. The van der Waals surface area contributed by atoms with Gasteiger partial charge in [-0.05, 0) is 54.1 Å². The van der Waals surface area contributed by atoms with E-state index in [1.165, 1.54) is 24.3 Å². The molecule has 9 nitrogen and oxygen atoms in total. The summed E-state index contributed by atoms with van der Waals surface area (Å²) in [4.78, 5) is 37.6. The third kappa shape index (κ3) is 3.84. The molecular weight excluding hydrogens is 489 g/mol. The van der Waals surface area contributed by atoms with E-state index in [-0.39, 0.29) is 19.1 Å². The summed E-state index contributed by atoms with van der Waals surface area (Å²) in [5.74, 6) is 0.0986. The van der Waals surface area contributed by atoms with Gasteiger partial charge in [-0.15, -0.1) is 0 Å². The van der Waals surface area contributed by atoms with Crippen molar-refractivity contribution in [2.45, 2.75) is 11.5 Å². The van der Waals surface area contributed by atoms with E-state index >= 15 is 0 Å². The van der Waals surface area contributed by atoms with Crippen LogP contribution in [0.5, 0.6) is 5.75 Å². The van der Waals surface area contributed by atoms with E-state index in [9.17, 15) is 19.1 Å². The van der Waals surface area contributed by atoms with Gasteiger partial charge in [0.2, 0.25) is 0 Å². The zero-order valence-electron chi connectivity index (χ0n) is 20.6. The average molecular weight is 516 g/mol. The first kappa shape index (κ1) is 23.9. The van der Waals surface area contributed by atoms with E-state index in [4.69, 9.17) is 4.74 Å². The van der Waals surface area contributed by atoms with Crippen molar-refractivity contribution in [2.24, 2.45) is 0 Å². The van der Waals surface area contributed by atoms with Crippen LogP contribution in [0.3, 0.4) is 0 Å². The van der Waals surface area contributed by atoms with E-state index in [2.05, 4.69) is 15.3 Å². The van der Waals surface area contributed by atoms with E-state index in [1.54, 1.807) is 41.3 Å². The van der Waals surface area contributed by atoms with E-state index in [0.717, 1.165) is 22.2 Å². The second-order valence-corrected chi connectivity index (χ2v) is 9.75. The molecule has 0 radical (unpaired) electrons. The van der Waals surface area contributed by atoms with Gasteiger partial charge in [-0.3, -0.25) is 9.78 Å². The maximum Gasteiger partial charge on any atom is 0.322 e. The highest BCUT2D eigenvalue weighted by Gasteiger charge is 2.55. The van der Waals surface area contributed by atoms with Gasteiger partial charge in [0.15, 0.2) is 0 Å². The molecule has 1 atom stereocenters. The number of amides is 3. The Hall–Kier alpha value is -4.44. The fourth-order valence-electron chi connectivity index (χ4n) is 5.69. The van der Waals surface area contributed by atoms with Crippen molar-refractivity contribution >= 4 is 28.5 Å². The molecule has 4 aromatic rings. The van der Waals surface area contributed by atoms with Gasteiger partial charge in [-0.25, -0.2) is 9.18 Å². The number of nitrogens with one attached hydrogen (secondary N) is 2. The van der Waals surface area contributed by atoms with Crippen LogP contribution in [-0.4, -0.2) is 70.2 Å². The number of aliphatic hydroxyl groups excluding tert-OH is 1. The number of hydrogen-bond acceptors (Lipinski definition) is 5. The molecule has 2 aliphatic heterocycles. The van der Waals surface area contributed by atoms with E-state index in [1.807, 2.05) is 18.2 Å². The van der Waals surface area contributed by atoms with Gasteiger partial charge in [0.05, 0.1) is 25.2 Å². The summed E-state index contributed by atoms with van der Waals surface area (Å²) in [5.41, 5.74) is 2.78. The zero-order chi connectivity index (χ0) is 26.4. The molecule has 1 spiro atoms. The maximum atomic E-state index is 13.5. The van der Waals surface area contributed by atoms with Crippen LogP contribution in [0.1, 0.15) is 27.8 Å². The largest absolute Gasteiger partial charge is 0.497 e. The van der Waals surface area contributed by atoms with Crippen LogP contribution in [0.25, 0.3) is 10.9 Å². The first-order valence-electron chi connectivity index (χ1n) is 12.3. The predicted octanol–water partition coefficient (Wildman–Crippen LogP) is 3.69. The Morgan fingerprint density at radius 3 is 2.63 bits per heavy atom. The van der Waals surface area contributed by atoms with Crippen LogP contribution >= 0.6 is 0 Å². The summed E-state index contributed by atoms with van der Waals surface area (Å²) in [7, 11) is 1.59. The lowest BCUT2D eigenvalue weighted by molar-refractivity contribution is 0.0133.